The molecule has 0 N–H and O–H groups in total. The summed E-state index contributed by atoms with van der Waals surface area (Å²) in [5, 5.41) is 0. The van der Waals surface area contributed by atoms with Gasteiger partial charge in [-0.25, -0.2) is 4.98 Å². The summed E-state index contributed by atoms with van der Waals surface area (Å²) >= 11 is 0. The number of fused-ring (bicyclic) bond motifs is 5. The molecule has 1 aromatic heterocycles. The van der Waals surface area contributed by atoms with Gasteiger partial charge in [0.15, 0.2) is 0 Å². The van der Waals surface area contributed by atoms with E-state index in [-0.39, 0.29) is 0 Å². The van der Waals surface area contributed by atoms with Crippen molar-refractivity contribution in [1.82, 2.24) is 9.55 Å². The summed E-state index contributed by atoms with van der Waals surface area (Å²) in [5.41, 5.74) is 19.7. The molecule has 0 radical (unpaired) electrons. The van der Waals surface area contributed by atoms with Gasteiger partial charge < -0.3 is 4.90 Å². The van der Waals surface area contributed by atoms with E-state index in [1.165, 1.54) is 44.5 Å². The third-order valence-electron chi connectivity index (χ3n) is 11.4. The van der Waals surface area contributed by atoms with E-state index in [0.29, 0.717) is 0 Å². The number of imidazole rings is 1. The molecule has 10 aromatic rings. The highest BCUT2D eigenvalue weighted by atomic mass is 15.1. The third kappa shape index (κ3) is 5.80. The molecule has 272 valence electrons. The first-order valence-corrected chi connectivity index (χ1v) is 19.8. The minimum Gasteiger partial charge on any atom is -0.311 e. The molecule has 2 heterocycles. The van der Waals surface area contributed by atoms with Gasteiger partial charge in [-0.1, -0.05) is 176 Å². The number of nitrogens with zero attached hydrogens (tertiary/aromatic N) is 3. The lowest BCUT2D eigenvalue weighted by Gasteiger charge is -2.26. The maximum absolute atomic E-state index is 5.26. The maximum Gasteiger partial charge on any atom is 0.145 e. The van der Waals surface area contributed by atoms with Crippen molar-refractivity contribution < 1.29 is 0 Å². The van der Waals surface area contributed by atoms with Crippen LogP contribution in [0.3, 0.4) is 0 Å². The van der Waals surface area contributed by atoms with Crippen LogP contribution in [0.15, 0.2) is 224 Å². The molecule has 1 aliphatic heterocycles. The van der Waals surface area contributed by atoms with Crippen LogP contribution in [-0.2, 0) is 0 Å². The standard InChI is InChI=1S/C55H37N3/c1-3-12-38(13-4-1)41-26-32-45(33-27-41)57(46-34-28-42(29-35-46)39-14-5-2-6-15-39)47-36-30-43(31-37-47)40-22-24-44(25-23-40)55-56-52-20-11-19-51-49-17-8-7-16-48(49)50-18-9-10-21-53(50)58(55)54(51)52/h1-37H. The maximum atomic E-state index is 5.26. The fraction of sp³-hybridized carbons (Fsp3) is 0. The molecule has 3 nitrogen and oxygen atoms in total. The molecule has 0 spiro atoms. The SMILES string of the molecule is c1ccc(-c2ccc(N(c3ccc(-c4ccccc4)cc3)c3ccc(-c4ccc(-c5nc6cccc7c6n5-c5ccccc5-c5ccccc5-7)cc4)cc3)cc2)cc1. The molecule has 0 saturated heterocycles. The number of hydrogen-bond acceptors (Lipinski definition) is 2. The Balaban J connectivity index is 0.944. The molecule has 9 aromatic carbocycles. The Morgan fingerprint density at radius 1 is 0.293 bits per heavy atom. The van der Waals surface area contributed by atoms with E-state index in [2.05, 4.69) is 234 Å². The van der Waals surface area contributed by atoms with E-state index in [1.807, 2.05) is 0 Å². The summed E-state index contributed by atoms with van der Waals surface area (Å²) in [7, 11) is 0. The van der Waals surface area contributed by atoms with Gasteiger partial charge >= 0.3 is 0 Å². The van der Waals surface area contributed by atoms with E-state index in [4.69, 9.17) is 4.98 Å². The van der Waals surface area contributed by atoms with E-state index < -0.39 is 0 Å². The summed E-state index contributed by atoms with van der Waals surface area (Å²) in [6, 6.07) is 80.5. The molecule has 58 heavy (non-hydrogen) atoms. The molecule has 0 bridgehead atoms. The van der Waals surface area contributed by atoms with Gasteiger partial charge in [0, 0.05) is 33.8 Å². The molecule has 0 aliphatic carbocycles. The molecule has 0 amide bonds. The van der Waals surface area contributed by atoms with Crippen molar-refractivity contribution in [1.29, 1.82) is 0 Å². The number of anilines is 3. The van der Waals surface area contributed by atoms with Crippen LogP contribution < -0.4 is 4.90 Å². The van der Waals surface area contributed by atoms with Crippen molar-refractivity contribution in [3.8, 4) is 72.7 Å². The van der Waals surface area contributed by atoms with E-state index in [0.717, 1.165) is 56.3 Å². The quantitative estimate of drug-likeness (QED) is 0.162. The highest BCUT2D eigenvalue weighted by molar-refractivity contribution is 6.03. The monoisotopic (exact) mass is 739 g/mol. The van der Waals surface area contributed by atoms with Gasteiger partial charge in [-0.15, -0.1) is 0 Å². The lowest BCUT2D eigenvalue weighted by molar-refractivity contribution is 1.11. The van der Waals surface area contributed by atoms with Crippen molar-refractivity contribution in [3.63, 3.8) is 0 Å². The smallest absolute Gasteiger partial charge is 0.145 e. The van der Waals surface area contributed by atoms with Crippen LogP contribution in [0.2, 0.25) is 0 Å². The first-order chi connectivity index (χ1) is 28.8. The minimum absolute atomic E-state index is 0.941. The van der Waals surface area contributed by atoms with Gasteiger partial charge in [-0.2, -0.15) is 0 Å². The second kappa shape index (κ2) is 14.1. The van der Waals surface area contributed by atoms with Gasteiger partial charge in [0.05, 0.1) is 16.7 Å². The summed E-state index contributed by atoms with van der Waals surface area (Å²) in [6.07, 6.45) is 0. The summed E-state index contributed by atoms with van der Waals surface area (Å²) in [5.74, 6) is 0.941. The van der Waals surface area contributed by atoms with Gasteiger partial charge in [0.1, 0.15) is 5.82 Å². The van der Waals surface area contributed by atoms with Crippen LogP contribution in [0.1, 0.15) is 0 Å². The summed E-state index contributed by atoms with van der Waals surface area (Å²) in [4.78, 5) is 7.59. The second-order valence-corrected chi connectivity index (χ2v) is 14.8. The number of benzene rings is 9. The molecule has 0 fully saturated rings. The predicted octanol–water partition coefficient (Wildman–Crippen LogP) is 14.8. The Morgan fingerprint density at radius 3 is 1.19 bits per heavy atom. The van der Waals surface area contributed by atoms with Crippen molar-refractivity contribution >= 4 is 28.1 Å². The van der Waals surface area contributed by atoms with Gasteiger partial charge in [-0.3, -0.25) is 4.57 Å². The Bertz CT molecular complexity index is 2970. The summed E-state index contributed by atoms with van der Waals surface area (Å²) in [6.45, 7) is 0. The molecule has 1 aliphatic rings. The van der Waals surface area contributed by atoms with Crippen molar-refractivity contribution in [2.24, 2.45) is 0 Å². The Kier molecular flexibility index (Phi) is 8.15. The number of aromatic nitrogens is 2. The van der Waals surface area contributed by atoms with E-state index in [1.54, 1.807) is 0 Å². The van der Waals surface area contributed by atoms with Crippen LogP contribution in [0, 0.1) is 0 Å². The van der Waals surface area contributed by atoms with E-state index >= 15 is 0 Å². The van der Waals surface area contributed by atoms with Crippen LogP contribution in [0.4, 0.5) is 17.1 Å². The first kappa shape index (κ1) is 33.6. The molecular formula is C55H37N3. The summed E-state index contributed by atoms with van der Waals surface area (Å²) < 4.78 is 2.36. The zero-order valence-electron chi connectivity index (χ0n) is 31.7. The molecule has 0 unspecified atom stereocenters. The molecule has 0 atom stereocenters. The van der Waals surface area contributed by atoms with Gasteiger partial charge in [0.2, 0.25) is 0 Å². The number of hydrogen-bond donors (Lipinski definition) is 0. The highest BCUT2D eigenvalue weighted by Crippen LogP contribution is 2.45. The van der Waals surface area contributed by atoms with Gasteiger partial charge in [0.25, 0.3) is 0 Å². The molecule has 3 heteroatoms. The lowest BCUT2D eigenvalue weighted by Crippen LogP contribution is -2.09. The Morgan fingerprint density at radius 2 is 0.672 bits per heavy atom. The second-order valence-electron chi connectivity index (χ2n) is 14.8. The molecular weight excluding hydrogens is 703 g/mol. The van der Waals surface area contributed by atoms with Crippen molar-refractivity contribution in [3.05, 3.63) is 224 Å². The van der Waals surface area contributed by atoms with Crippen LogP contribution >= 0.6 is 0 Å². The number of rotatable bonds is 7. The van der Waals surface area contributed by atoms with Crippen LogP contribution in [-0.4, -0.2) is 9.55 Å². The van der Waals surface area contributed by atoms with Crippen LogP contribution in [0.5, 0.6) is 0 Å². The minimum atomic E-state index is 0.941. The molecule has 0 saturated carbocycles. The van der Waals surface area contributed by atoms with Crippen LogP contribution in [0.25, 0.3) is 83.7 Å². The van der Waals surface area contributed by atoms with Crippen molar-refractivity contribution in [2.45, 2.75) is 0 Å². The fourth-order valence-electron chi connectivity index (χ4n) is 8.55. The largest absolute Gasteiger partial charge is 0.311 e. The zero-order chi connectivity index (χ0) is 38.4. The zero-order valence-corrected chi connectivity index (χ0v) is 31.7. The normalized spacial score (nSPS) is 11.4. The highest BCUT2D eigenvalue weighted by Gasteiger charge is 2.25. The average molecular weight is 740 g/mol. The fourth-order valence-corrected chi connectivity index (χ4v) is 8.55. The first-order valence-electron chi connectivity index (χ1n) is 19.8. The van der Waals surface area contributed by atoms with Gasteiger partial charge in [-0.05, 0) is 93.0 Å². The average Bonchev–Trinajstić information content (AvgIpc) is 3.65. The number of para-hydroxylation sites is 2. The topological polar surface area (TPSA) is 21.1 Å². The van der Waals surface area contributed by atoms with E-state index in [9.17, 15) is 0 Å². The molecule has 11 rings (SSSR count). The lowest BCUT2D eigenvalue weighted by atomic mass is 9.94. The third-order valence-corrected chi connectivity index (χ3v) is 11.4. The Labute approximate surface area is 338 Å². The predicted molar refractivity (Wildman–Crippen MR) is 242 cm³/mol. The van der Waals surface area contributed by atoms with Crippen molar-refractivity contribution in [2.75, 3.05) is 4.90 Å². The Hall–Kier alpha value is -7.75.